The fourth-order valence-corrected chi connectivity index (χ4v) is 2.55. The van der Waals surface area contributed by atoms with Gasteiger partial charge >= 0.3 is 0 Å². The maximum atomic E-state index is 12.2. The highest BCUT2D eigenvalue weighted by Crippen LogP contribution is 2.17. The Balaban J connectivity index is 2.23. The Hall–Kier alpha value is -0.650. The molecule has 1 aliphatic heterocycles. The second-order valence-corrected chi connectivity index (χ2v) is 5.28. The maximum Gasteiger partial charge on any atom is 0.241 e. The predicted octanol–water partition coefficient (Wildman–Crippen LogP) is 1.77. The Bertz CT molecular complexity index is 274. The SMILES string of the molecule is CCCC1NC(CC)C(=O)N1CCCCOCCOC. The third-order valence-corrected chi connectivity index (χ3v) is 3.69. The topological polar surface area (TPSA) is 50.8 Å². The summed E-state index contributed by atoms with van der Waals surface area (Å²) in [5.41, 5.74) is 0. The van der Waals surface area contributed by atoms with E-state index in [1.807, 2.05) is 4.90 Å². The summed E-state index contributed by atoms with van der Waals surface area (Å²) in [7, 11) is 1.67. The number of nitrogens with zero attached hydrogens (tertiary/aromatic N) is 1. The van der Waals surface area contributed by atoms with Gasteiger partial charge in [0.25, 0.3) is 0 Å². The summed E-state index contributed by atoms with van der Waals surface area (Å²) in [5.74, 6) is 0.270. The number of unbranched alkanes of at least 4 members (excludes halogenated alkanes) is 1. The molecular weight excluding hydrogens is 256 g/mol. The average molecular weight is 286 g/mol. The molecule has 1 heterocycles. The lowest BCUT2D eigenvalue weighted by Gasteiger charge is -2.23. The second-order valence-electron chi connectivity index (χ2n) is 5.28. The first-order valence-corrected chi connectivity index (χ1v) is 7.87. The van der Waals surface area contributed by atoms with E-state index >= 15 is 0 Å². The number of carbonyl (C=O) groups excluding carboxylic acids is 1. The fraction of sp³-hybridized carbons (Fsp3) is 0.933. The summed E-state index contributed by atoms with van der Waals surface area (Å²) in [6, 6.07) is 0.0181. The number of hydrogen-bond donors (Lipinski definition) is 1. The van der Waals surface area contributed by atoms with Crippen LogP contribution >= 0.6 is 0 Å². The highest BCUT2D eigenvalue weighted by Gasteiger charge is 2.36. The Morgan fingerprint density at radius 1 is 1.20 bits per heavy atom. The molecule has 0 aromatic rings. The number of amides is 1. The fourth-order valence-electron chi connectivity index (χ4n) is 2.55. The van der Waals surface area contributed by atoms with Gasteiger partial charge in [-0.15, -0.1) is 0 Å². The minimum Gasteiger partial charge on any atom is -0.382 e. The van der Waals surface area contributed by atoms with E-state index in [9.17, 15) is 4.79 Å². The molecule has 0 aromatic heterocycles. The number of nitrogens with one attached hydrogen (secondary N) is 1. The number of carbonyl (C=O) groups is 1. The second kappa shape index (κ2) is 10.1. The average Bonchev–Trinajstić information content (AvgIpc) is 2.75. The van der Waals surface area contributed by atoms with E-state index in [1.54, 1.807) is 7.11 Å². The molecule has 2 unspecified atom stereocenters. The maximum absolute atomic E-state index is 12.2. The monoisotopic (exact) mass is 286 g/mol. The molecule has 5 heteroatoms. The number of rotatable bonds is 11. The van der Waals surface area contributed by atoms with Crippen LogP contribution in [0, 0.1) is 0 Å². The Morgan fingerprint density at radius 3 is 2.65 bits per heavy atom. The first-order valence-electron chi connectivity index (χ1n) is 7.87. The van der Waals surface area contributed by atoms with Crippen molar-refractivity contribution in [1.82, 2.24) is 10.2 Å². The predicted molar refractivity (Wildman–Crippen MR) is 79.6 cm³/mol. The van der Waals surface area contributed by atoms with Crippen LogP contribution in [0.1, 0.15) is 46.0 Å². The highest BCUT2D eigenvalue weighted by molar-refractivity contribution is 5.84. The molecule has 1 saturated heterocycles. The highest BCUT2D eigenvalue weighted by atomic mass is 16.5. The van der Waals surface area contributed by atoms with Crippen LogP contribution in [-0.2, 0) is 14.3 Å². The van der Waals surface area contributed by atoms with Crippen molar-refractivity contribution in [3.8, 4) is 0 Å². The molecule has 1 fully saturated rings. The summed E-state index contributed by atoms with van der Waals surface area (Å²) >= 11 is 0. The van der Waals surface area contributed by atoms with E-state index in [0.29, 0.717) is 13.2 Å². The van der Waals surface area contributed by atoms with Crippen LogP contribution in [0.25, 0.3) is 0 Å². The van der Waals surface area contributed by atoms with E-state index in [0.717, 1.165) is 45.3 Å². The summed E-state index contributed by atoms with van der Waals surface area (Å²) < 4.78 is 10.4. The van der Waals surface area contributed by atoms with Crippen LogP contribution in [-0.4, -0.2) is 56.5 Å². The lowest BCUT2D eigenvalue weighted by molar-refractivity contribution is -0.130. The molecule has 20 heavy (non-hydrogen) atoms. The molecule has 1 amide bonds. The van der Waals surface area contributed by atoms with E-state index < -0.39 is 0 Å². The van der Waals surface area contributed by atoms with Crippen molar-refractivity contribution in [3.63, 3.8) is 0 Å². The molecule has 0 bridgehead atoms. The van der Waals surface area contributed by atoms with Gasteiger partial charge in [-0.1, -0.05) is 20.3 Å². The molecule has 0 spiro atoms. The molecule has 1 aliphatic rings. The van der Waals surface area contributed by atoms with Gasteiger partial charge in [0.2, 0.25) is 5.91 Å². The molecule has 118 valence electrons. The summed E-state index contributed by atoms with van der Waals surface area (Å²) in [6.07, 6.45) is 5.22. The van der Waals surface area contributed by atoms with Gasteiger partial charge in [0, 0.05) is 20.3 Å². The van der Waals surface area contributed by atoms with E-state index in [1.165, 1.54) is 0 Å². The molecular formula is C15H30N2O3. The van der Waals surface area contributed by atoms with Gasteiger partial charge in [-0.05, 0) is 25.7 Å². The quantitative estimate of drug-likeness (QED) is 0.588. The number of methoxy groups -OCH3 is 1. The first kappa shape index (κ1) is 17.4. The third kappa shape index (κ3) is 5.38. The summed E-state index contributed by atoms with van der Waals surface area (Å²) in [6.45, 7) is 7.09. The van der Waals surface area contributed by atoms with Gasteiger partial charge in [-0.25, -0.2) is 0 Å². The van der Waals surface area contributed by atoms with Gasteiger partial charge in [-0.3, -0.25) is 10.1 Å². The molecule has 5 nitrogen and oxygen atoms in total. The van der Waals surface area contributed by atoms with E-state index in [2.05, 4.69) is 19.2 Å². The van der Waals surface area contributed by atoms with Crippen molar-refractivity contribution in [1.29, 1.82) is 0 Å². The summed E-state index contributed by atoms with van der Waals surface area (Å²) in [4.78, 5) is 14.3. The van der Waals surface area contributed by atoms with Crippen molar-refractivity contribution in [3.05, 3.63) is 0 Å². The number of hydrogen-bond acceptors (Lipinski definition) is 4. The molecule has 1 rings (SSSR count). The van der Waals surface area contributed by atoms with Crippen LogP contribution in [0.2, 0.25) is 0 Å². The van der Waals surface area contributed by atoms with Gasteiger partial charge < -0.3 is 14.4 Å². The Kier molecular flexibility index (Phi) is 8.82. The summed E-state index contributed by atoms with van der Waals surface area (Å²) in [5, 5.41) is 3.44. The molecule has 0 saturated carbocycles. The van der Waals surface area contributed by atoms with Crippen molar-refractivity contribution in [2.24, 2.45) is 0 Å². The van der Waals surface area contributed by atoms with E-state index in [-0.39, 0.29) is 18.1 Å². The Morgan fingerprint density at radius 2 is 2.00 bits per heavy atom. The number of ether oxygens (including phenoxy) is 2. The molecule has 0 aromatic carbocycles. The van der Waals surface area contributed by atoms with Crippen molar-refractivity contribution < 1.29 is 14.3 Å². The largest absolute Gasteiger partial charge is 0.382 e. The van der Waals surface area contributed by atoms with E-state index in [4.69, 9.17) is 9.47 Å². The van der Waals surface area contributed by atoms with Gasteiger partial charge in [0.15, 0.2) is 0 Å². The molecule has 1 N–H and O–H groups in total. The zero-order valence-electron chi connectivity index (χ0n) is 13.2. The van der Waals surface area contributed by atoms with Gasteiger partial charge in [-0.2, -0.15) is 0 Å². The van der Waals surface area contributed by atoms with Gasteiger partial charge in [0.05, 0.1) is 25.4 Å². The zero-order chi connectivity index (χ0) is 14.8. The lowest BCUT2D eigenvalue weighted by Crippen LogP contribution is -2.38. The normalized spacial score (nSPS) is 22.8. The minimum absolute atomic E-state index is 0.0181. The third-order valence-electron chi connectivity index (χ3n) is 3.69. The van der Waals surface area contributed by atoms with Crippen molar-refractivity contribution in [2.75, 3.05) is 33.5 Å². The van der Waals surface area contributed by atoms with Crippen LogP contribution in [0.5, 0.6) is 0 Å². The zero-order valence-corrected chi connectivity index (χ0v) is 13.2. The van der Waals surface area contributed by atoms with Crippen LogP contribution in [0.15, 0.2) is 0 Å². The minimum atomic E-state index is 0.0181. The van der Waals surface area contributed by atoms with Crippen LogP contribution < -0.4 is 5.32 Å². The van der Waals surface area contributed by atoms with Crippen LogP contribution in [0.3, 0.4) is 0 Å². The first-order chi connectivity index (χ1) is 9.74. The molecule has 2 atom stereocenters. The molecule has 0 radical (unpaired) electrons. The van der Waals surface area contributed by atoms with Crippen LogP contribution in [0.4, 0.5) is 0 Å². The standard InChI is InChI=1S/C15H30N2O3/c1-4-8-14-16-13(5-2)15(18)17(14)9-6-7-10-20-12-11-19-3/h13-14,16H,4-12H2,1-3H3. The molecule has 0 aliphatic carbocycles. The Labute approximate surface area is 123 Å². The smallest absolute Gasteiger partial charge is 0.241 e. The van der Waals surface area contributed by atoms with Crippen molar-refractivity contribution in [2.45, 2.75) is 58.2 Å². The lowest BCUT2D eigenvalue weighted by atomic mass is 10.2. The van der Waals surface area contributed by atoms with Crippen molar-refractivity contribution >= 4 is 5.91 Å². The van der Waals surface area contributed by atoms with Gasteiger partial charge in [0.1, 0.15) is 0 Å².